The van der Waals surface area contributed by atoms with E-state index in [0.717, 1.165) is 12.8 Å². The summed E-state index contributed by atoms with van der Waals surface area (Å²) in [7, 11) is 0. The summed E-state index contributed by atoms with van der Waals surface area (Å²) >= 11 is 0. The fourth-order valence-electron chi connectivity index (χ4n) is 3.23. The molecule has 4 atom stereocenters. The van der Waals surface area contributed by atoms with Crippen molar-refractivity contribution in [3.8, 4) is 0 Å². The molecule has 1 aliphatic carbocycles. The molecule has 0 aromatic heterocycles. The Morgan fingerprint density at radius 3 is 2.65 bits per heavy atom. The Hall–Kier alpha value is -1.59. The van der Waals surface area contributed by atoms with Crippen molar-refractivity contribution in [2.24, 2.45) is 17.8 Å². The second-order valence-electron chi connectivity index (χ2n) is 5.79. The fraction of sp³-hybridized carbons (Fsp3) is 0.786. The van der Waals surface area contributed by atoms with Crippen molar-refractivity contribution in [2.45, 2.75) is 45.1 Å². The number of carbonyl (C=O) groups excluding carboxylic acids is 2. The van der Waals surface area contributed by atoms with Gasteiger partial charge in [-0.25, -0.2) is 0 Å². The Balaban J connectivity index is 1.99. The Morgan fingerprint density at radius 2 is 2.05 bits per heavy atom. The molecule has 2 rings (SSSR count). The molecule has 20 heavy (non-hydrogen) atoms. The van der Waals surface area contributed by atoms with E-state index in [0.29, 0.717) is 25.8 Å². The van der Waals surface area contributed by atoms with Crippen molar-refractivity contribution < 1.29 is 19.5 Å². The maximum absolute atomic E-state index is 12.3. The predicted octanol–water partition coefficient (Wildman–Crippen LogP) is 0.518. The molecular formula is C14H22N2O4. The van der Waals surface area contributed by atoms with Gasteiger partial charge in [0.05, 0.1) is 11.8 Å². The molecule has 2 amide bonds. The van der Waals surface area contributed by atoms with Gasteiger partial charge in [-0.3, -0.25) is 14.4 Å². The van der Waals surface area contributed by atoms with E-state index in [9.17, 15) is 19.5 Å². The van der Waals surface area contributed by atoms with Gasteiger partial charge in [0.1, 0.15) is 6.04 Å². The van der Waals surface area contributed by atoms with Crippen LogP contribution < -0.4 is 10.6 Å². The average molecular weight is 282 g/mol. The highest BCUT2D eigenvalue weighted by Gasteiger charge is 2.43. The van der Waals surface area contributed by atoms with Gasteiger partial charge in [0, 0.05) is 6.54 Å². The number of aliphatic carboxylic acids is 1. The van der Waals surface area contributed by atoms with Gasteiger partial charge < -0.3 is 15.7 Å². The minimum Gasteiger partial charge on any atom is -0.481 e. The number of piperidine rings is 1. The molecule has 112 valence electrons. The Labute approximate surface area is 118 Å². The molecule has 0 spiro atoms. The molecule has 3 N–H and O–H groups in total. The van der Waals surface area contributed by atoms with E-state index in [-0.39, 0.29) is 17.7 Å². The van der Waals surface area contributed by atoms with Crippen LogP contribution in [0, 0.1) is 17.8 Å². The van der Waals surface area contributed by atoms with Crippen LogP contribution in [0.5, 0.6) is 0 Å². The van der Waals surface area contributed by atoms with E-state index >= 15 is 0 Å². The molecule has 0 aromatic rings. The summed E-state index contributed by atoms with van der Waals surface area (Å²) in [5, 5.41) is 14.7. The predicted molar refractivity (Wildman–Crippen MR) is 71.8 cm³/mol. The molecule has 1 saturated heterocycles. The average Bonchev–Trinajstić information content (AvgIpc) is 2.86. The lowest BCUT2D eigenvalue weighted by Crippen LogP contribution is -2.52. The lowest BCUT2D eigenvalue weighted by atomic mass is 9.94. The molecule has 1 aliphatic heterocycles. The molecule has 1 heterocycles. The minimum atomic E-state index is -0.908. The van der Waals surface area contributed by atoms with Crippen molar-refractivity contribution in [1.82, 2.24) is 10.6 Å². The number of nitrogens with one attached hydrogen (secondary N) is 2. The first-order chi connectivity index (χ1) is 9.52. The molecule has 1 saturated carbocycles. The smallest absolute Gasteiger partial charge is 0.307 e. The quantitative estimate of drug-likeness (QED) is 0.700. The SMILES string of the molecule is CCC1C[C@H](C(=O)NC2CCCNC2=O)[C@H](C(=O)O)C1. The largest absolute Gasteiger partial charge is 0.481 e. The zero-order valence-electron chi connectivity index (χ0n) is 11.7. The summed E-state index contributed by atoms with van der Waals surface area (Å²) in [6.07, 6.45) is 3.51. The van der Waals surface area contributed by atoms with E-state index in [1.54, 1.807) is 0 Å². The summed E-state index contributed by atoms with van der Waals surface area (Å²) < 4.78 is 0. The van der Waals surface area contributed by atoms with Crippen molar-refractivity contribution >= 4 is 17.8 Å². The third kappa shape index (κ3) is 3.11. The molecule has 0 bridgehead atoms. The molecule has 2 unspecified atom stereocenters. The third-order valence-electron chi connectivity index (χ3n) is 4.49. The Kier molecular flexibility index (Phi) is 4.62. The first kappa shape index (κ1) is 14.8. The number of carboxylic acid groups (broad SMARTS) is 1. The summed E-state index contributed by atoms with van der Waals surface area (Å²) in [4.78, 5) is 35.2. The van der Waals surface area contributed by atoms with E-state index in [1.807, 2.05) is 6.92 Å². The molecule has 0 aromatic carbocycles. The van der Waals surface area contributed by atoms with Gasteiger partial charge in [0.15, 0.2) is 0 Å². The fourth-order valence-corrected chi connectivity index (χ4v) is 3.23. The van der Waals surface area contributed by atoms with E-state index in [2.05, 4.69) is 10.6 Å². The normalized spacial score (nSPS) is 33.5. The van der Waals surface area contributed by atoms with Crippen LogP contribution in [0.25, 0.3) is 0 Å². The lowest BCUT2D eigenvalue weighted by Gasteiger charge is -2.25. The Bertz CT molecular complexity index is 410. The highest BCUT2D eigenvalue weighted by atomic mass is 16.4. The minimum absolute atomic E-state index is 0.165. The maximum Gasteiger partial charge on any atom is 0.307 e. The number of rotatable bonds is 4. The van der Waals surface area contributed by atoms with Crippen LogP contribution in [0.1, 0.15) is 39.0 Å². The van der Waals surface area contributed by atoms with E-state index in [1.165, 1.54) is 0 Å². The van der Waals surface area contributed by atoms with Gasteiger partial charge in [-0.1, -0.05) is 13.3 Å². The topological polar surface area (TPSA) is 95.5 Å². The van der Waals surface area contributed by atoms with Crippen molar-refractivity contribution in [3.63, 3.8) is 0 Å². The highest BCUT2D eigenvalue weighted by Crippen LogP contribution is 2.38. The number of carboxylic acids is 1. The van der Waals surface area contributed by atoms with Gasteiger partial charge in [-0.15, -0.1) is 0 Å². The van der Waals surface area contributed by atoms with Crippen LogP contribution in [-0.4, -0.2) is 35.5 Å². The van der Waals surface area contributed by atoms with Crippen molar-refractivity contribution in [1.29, 1.82) is 0 Å². The zero-order chi connectivity index (χ0) is 14.7. The Morgan fingerprint density at radius 1 is 1.35 bits per heavy atom. The zero-order valence-corrected chi connectivity index (χ0v) is 11.7. The van der Waals surface area contributed by atoms with E-state index < -0.39 is 23.8 Å². The van der Waals surface area contributed by atoms with Gasteiger partial charge in [0.25, 0.3) is 0 Å². The number of hydrogen-bond donors (Lipinski definition) is 3. The third-order valence-corrected chi connectivity index (χ3v) is 4.49. The maximum atomic E-state index is 12.3. The van der Waals surface area contributed by atoms with Crippen LogP contribution in [0.2, 0.25) is 0 Å². The van der Waals surface area contributed by atoms with Gasteiger partial charge in [-0.05, 0) is 31.6 Å². The van der Waals surface area contributed by atoms with Crippen LogP contribution in [0.4, 0.5) is 0 Å². The van der Waals surface area contributed by atoms with Crippen molar-refractivity contribution in [2.75, 3.05) is 6.54 Å². The van der Waals surface area contributed by atoms with E-state index in [4.69, 9.17) is 0 Å². The number of carbonyl (C=O) groups is 3. The van der Waals surface area contributed by atoms with Crippen molar-refractivity contribution in [3.05, 3.63) is 0 Å². The lowest BCUT2D eigenvalue weighted by molar-refractivity contribution is -0.146. The molecular weight excluding hydrogens is 260 g/mol. The standard InChI is InChI=1S/C14H22N2O4/c1-2-8-6-9(10(7-8)14(19)20)12(17)16-11-4-3-5-15-13(11)18/h8-11H,2-7H2,1H3,(H,15,18)(H,16,17)(H,19,20)/t8?,9-,10+,11?/m0/s1. The molecule has 2 aliphatic rings. The number of hydrogen-bond acceptors (Lipinski definition) is 3. The summed E-state index contributed by atoms with van der Waals surface area (Å²) in [5.41, 5.74) is 0. The summed E-state index contributed by atoms with van der Waals surface area (Å²) in [5.74, 6) is -2.20. The molecule has 2 fully saturated rings. The highest BCUT2D eigenvalue weighted by molar-refractivity contribution is 5.91. The first-order valence-electron chi connectivity index (χ1n) is 7.33. The summed E-state index contributed by atoms with van der Waals surface area (Å²) in [6, 6.07) is -0.508. The van der Waals surface area contributed by atoms with Crippen LogP contribution in [0.15, 0.2) is 0 Å². The second kappa shape index (κ2) is 6.24. The van der Waals surface area contributed by atoms with Gasteiger partial charge in [0.2, 0.25) is 11.8 Å². The van der Waals surface area contributed by atoms with Gasteiger partial charge >= 0.3 is 5.97 Å². The first-order valence-corrected chi connectivity index (χ1v) is 7.33. The van der Waals surface area contributed by atoms with Crippen LogP contribution in [0.3, 0.4) is 0 Å². The molecule has 6 heteroatoms. The monoisotopic (exact) mass is 282 g/mol. The van der Waals surface area contributed by atoms with Gasteiger partial charge in [-0.2, -0.15) is 0 Å². The molecule has 6 nitrogen and oxygen atoms in total. The van der Waals surface area contributed by atoms with Crippen LogP contribution >= 0.6 is 0 Å². The number of amides is 2. The summed E-state index contributed by atoms with van der Waals surface area (Å²) in [6.45, 7) is 2.66. The molecule has 0 radical (unpaired) electrons. The van der Waals surface area contributed by atoms with Crippen LogP contribution in [-0.2, 0) is 14.4 Å². The second-order valence-corrected chi connectivity index (χ2v) is 5.79.